The van der Waals surface area contributed by atoms with E-state index in [1.165, 1.54) is 0 Å². The molecule has 2 amide bonds. The van der Waals surface area contributed by atoms with Gasteiger partial charge in [-0.25, -0.2) is 9.59 Å². The highest BCUT2D eigenvalue weighted by Gasteiger charge is 2.18. The Morgan fingerprint density at radius 2 is 1.48 bits per heavy atom. The number of carbonyl (C=O) groups excluding carboxylic acids is 2. The summed E-state index contributed by atoms with van der Waals surface area (Å²) in [5, 5.41) is 5.30. The summed E-state index contributed by atoms with van der Waals surface area (Å²) in [6.07, 6.45) is 0.393. The zero-order valence-corrected chi connectivity index (χ0v) is 14.0. The minimum absolute atomic E-state index is 0.264. The lowest BCUT2D eigenvalue weighted by molar-refractivity contribution is 0.0497. The Bertz CT molecular complexity index is 343. The third kappa shape index (κ3) is 13.3. The molecule has 0 bridgehead atoms. The van der Waals surface area contributed by atoms with E-state index in [0.717, 1.165) is 0 Å². The van der Waals surface area contributed by atoms with Crippen molar-refractivity contribution in [2.24, 2.45) is 0 Å². The Hall–Kier alpha value is -1.46. The van der Waals surface area contributed by atoms with Crippen LogP contribution in [0.3, 0.4) is 0 Å². The van der Waals surface area contributed by atoms with Crippen molar-refractivity contribution in [1.29, 1.82) is 0 Å². The molecular formula is C15H29N2O4. The van der Waals surface area contributed by atoms with E-state index in [2.05, 4.69) is 17.6 Å². The first kappa shape index (κ1) is 19.5. The van der Waals surface area contributed by atoms with Gasteiger partial charge in [0.15, 0.2) is 0 Å². The van der Waals surface area contributed by atoms with E-state index in [1.807, 2.05) is 20.8 Å². The molecule has 0 aliphatic carbocycles. The molecule has 0 saturated heterocycles. The summed E-state index contributed by atoms with van der Waals surface area (Å²) in [5.41, 5.74) is -1.03. The van der Waals surface area contributed by atoms with Gasteiger partial charge in [-0.05, 0) is 61.3 Å². The van der Waals surface area contributed by atoms with Crippen LogP contribution in [-0.2, 0) is 9.47 Å². The second-order valence-electron chi connectivity index (χ2n) is 6.91. The van der Waals surface area contributed by atoms with Crippen molar-refractivity contribution in [3.8, 4) is 0 Å². The van der Waals surface area contributed by atoms with Crippen molar-refractivity contribution >= 4 is 12.2 Å². The van der Waals surface area contributed by atoms with Gasteiger partial charge >= 0.3 is 12.2 Å². The van der Waals surface area contributed by atoms with Gasteiger partial charge in [-0.3, -0.25) is 0 Å². The Morgan fingerprint density at radius 1 is 1.00 bits per heavy atom. The predicted octanol–water partition coefficient (Wildman–Crippen LogP) is 3.02. The monoisotopic (exact) mass is 301 g/mol. The number of amides is 2. The standard InChI is InChI=1S/C15H29N2O4/c1-11(17-13(19)21-15(5,6)7)9-8-10-16-12(18)20-14(2,3)4/h11H,1,8-10H2,2-7H3,(H,16,18)(H,17,19)/t11-/m0/s1. The van der Waals surface area contributed by atoms with E-state index in [-0.39, 0.29) is 6.04 Å². The van der Waals surface area contributed by atoms with E-state index < -0.39 is 23.4 Å². The Morgan fingerprint density at radius 3 is 1.95 bits per heavy atom. The summed E-state index contributed by atoms with van der Waals surface area (Å²) in [5.74, 6) is 0. The summed E-state index contributed by atoms with van der Waals surface area (Å²) in [6, 6.07) is -0.264. The second-order valence-corrected chi connectivity index (χ2v) is 6.91. The lowest BCUT2D eigenvalue weighted by atomic mass is 10.2. The third-order valence-electron chi connectivity index (χ3n) is 2.12. The van der Waals surface area contributed by atoms with Crippen molar-refractivity contribution in [1.82, 2.24) is 10.6 Å². The lowest BCUT2D eigenvalue weighted by Gasteiger charge is -2.22. The van der Waals surface area contributed by atoms with Gasteiger partial charge in [-0.2, -0.15) is 0 Å². The van der Waals surface area contributed by atoms with E-state index in [9.17, 15) is 9.59 Å². The van der Waals surface area contributed by atoms with Crippen LogP contribution in [0.5, 0.6) is 0 Å². The van der Waals surface area contributed by atoms with E-state index in [1.54, 1.807) is 20.8 Å². The van der Waals surface area contributed by atoms with Crippen molar-refractivity contribution in [3.05, 3.63) is 6.92 Å². The summed E-state index contributed by atoms with van der Waals surface area (Å²) in [4.78, 5) is 22.9. The molecule has 0 fully saturated rings. The molecule has 123 valence electrons. The molecule has 0 aliphatic heterocycles. The zero-order chi connectivity index (χ0) is 16.7. The van der Waals surface area contributed by atoms with Crippen molar-refractivity contribution in [3.63, 3.8) is 0 Å². The fraction of sp³-hybridized carbons (Fsp3) is 0.800. The highest BCUT2D eigenvalue weighted by Crippen LogP contribution is 2.08. The topological polar surface area (TPSA) is 76.7 Å². The molecule has 0 spiro atoms. The van der Waals surface area contributed by atoms with E-state index in [0.29, 0.717) is 19.4 Å². The summed E-state index contributed by atoms with van der Waals surface area (Å²) in [7, 11) is 0. The third-order valence-corrected chi connectivity index (χ3v) is 2.12. The zero-order valence-electron chi connectivity index (χ0n) is 14.0. The molecule has 0 unspecified atom stereocenters. The fourth-order valence-corrected chi connectivity index (χ4v) is 1.40. The number of hydrogen-bond acceptors (Lipinski definition) is 4. The predicted molar refractivity (Wildman–Crippen MR) is 82.0 cm³/mol. The van der Waals surface area contributed by atoms with Gasteiger partial charge in [0.1, 0.15) is 11.2 Å². The minimum Gasteiger partial charge on any atom is -0.444 e. The van der Waals surface area contributed by atoms with Gasteiger partial charge in [0.25, 0.3) is 0 Å². The van der Waals surface area contributed by atoms with Crippen LogP contribution >= 0.6 is 0 Å². The first-order chi connectivity index (χ1) is 9.39. The highest BCUT2D eigenvalue weighted by atomic mass is 16.6. The molecule has 0 aromatic rings. The molecule has 0 saturated carbocycles. The molecule has 0 aromatic heterocycles. The van der Waals surface area contributed by atoms with Gasteiger partial charge in [-0.15, -0.1) is 0 Å². The van der Waals surface area contributed by atoms with E-state index >= 15 is 0 Å². The van der Waals surface area contributed by atoms with Crippen LogP contribution in [-0.4, -0.2) is 36.0 Å². The van der Waals surface area contributed by atoms with Crippen LogP contribution in [0.15, 0.2) is 0 Å². The molecule has 0 aliphatic rings. The van der Waals surface area contributed by atoms with Crippen LogP contribution < -0.4 is 10.6 Å². The average Bonchev–Trinajstić information content (AvgIpc) is 2.18. The van der Waals surface area contributed by atoms with Crippen LogP contribution in [0.25, 0.3) is 0 Å². The normalized spacial score (nSPS) is 13.3. The number of alkyl carbamates (subject to hydrolysis) is 2. The first-order valence-corrected chi connectivity index (χ1v) is 7.18. The number of ether oxygens (including phenoxy) is 2. The Labute approximate surface area is 127 Å². The van der Waals surface area contributed by atoms with Crippen LogP contribution in [0.4, 0.5) is 9.59 Å². The molecule has 1 radical (unpaired) electrons. The fourth-order valence-electron chi connectivity index (χ4n) is 1.40. The molecule has 21 heavy (non-hydrogen) atoms. The molecule has 6 heteroatoms. The van der Waals surface area contributed by atoms with Crippen molar-refractivity contribution in [2.45, 2.75) is 71.6 Å². The molecule has 0 aromatic carbocycles. The van der Waals surface area contributed by atoms with Crippen LogP contribution in [0, 0.1) is 6.92 Å². The Kier molecular flexibility index (Phi) is 7.53. The Balaban J connectivity index is 3.78. The van der Waals surface area contributed by atoms with Gasteiger partial charge in [0.05, 0.1) is 0 Å². The smallest absolute Gasteiger partial charge is 0.407 e. The largest absolute Gasteiger partial charge is 0.444 e. The maximum absolute atomic E-state index is 11.5. The summed E-state index contributed by atoms with van der Waals surface area (Å²) in [6.45, 7) is 15.1. The van der Waals surface area contributed by atoms with Gasteiger partial charge in [0, 0.05) is 12.6 Å². The minimum atomic E-state index is -0.526. The number of carbonyl (C=O) groups is 2. The van der Waals surface area contributed by atoms with Gasteiger partial charge < -0.3 is 20.1 Å². The maximum Gasteiger partial charge on any atom is 0.407 e. The van der Waals surface area contributed by atoms with Gasteiger partial charge in [0.2, 0.25) is 0 Å². The molecule has 1 atom stereocenters. The van der Waals surface area contributed by atoms with Crippen LogP contribution in [0.1, 0.15) is 54.4 Å². The molecular weight excluding hydrogens is 272 g/mol. The number of nitrogens with one attached hydrogen (secondary N) is 2. The summed E-state index contributed by atoms with van der Waals surface area (Å²) >= 11 is 0. The van der Waals surface area contributed by atoms with Crippen LogP contribution in [0.2, 0.25) is 0 Å². The highest BCUT2D eigenvalue weighted by molar-refractivity contribution is 5.68. The quantitative estimate of drug-likeness (QED) is 0.765. The first-order valence-electron chi connectivity index (χ1n) is 7.18. The number of hydrogen-bond donors (Lipinski definition) is 2. The average molecular weight is 301 g/mol. The molecule has 0 heterocycles. The summed E-state index contributed by atoms with van der Waals surface area (Å²) < 4.78 is 10.2. The molecule has 0 rings (SSSR count). The molecule has 6 nitrogen and oxygen atoms in total. The molecule has 2 N–H and O–H groups in total. The van der Waals surface area contributed by atoms with Gasteiger partial charge in [-0.1, -0.05) is 0 Å². The maximum atomic E-state index is 11.5. The SMILES string of the molecule is [CH2][C@@H](CCCNC(=O)OC(C)(C)C)NC(=O)OC(C)(C)C. The lowest BCUT2D eigenvalue weighted by Crippen LogP contribution is -2.38. The van der Waals surface area contributed by atoms with E-state index in [4.69, 9.17) is 9.47 Å². The number of rotatable bonds is 5. The second kappa shape index (κ2) is 8.10. The van der Waals surface area contributed by atoms with Crippen molar-refractivity contribution in [2.75, 3.05) is 6.54 Å². The van der Waals surface area contributed by atoms with Crippen molar-refractivity contribution < 1.29 is 19.1 Å².